The molecule has 0 bridgehead atoms. The monoisotopic (exact) mass is 716 g/mol. The molecule has 0 aliphatic heterocycles. The number of nitrogens with zero attached hydrogens (tertiary/aromatic N) is 2. The molecular formula is C35H43IrN2O2-. The number of para-hydroxylation sites is 1. The van der Waals surface area contributed by atoms with Crippen LogP contribution in [0.15, 0.2) is 72.8 Å². The van der Waals surface area contributed by atoms with Crippen molar-refractivity contribution in [1.82, 2.24) is 9.97 Å². The summed E-state index contributed by atoms with van der Waals surface area (Å²) in [7, 11) is 0. The van der Waals surface area contributed by atoms with Crippen molar-refractivity contribution >= 4 is 27.5 Å². The topological polar surface area (TPSA) is 63.1 Å². The first kappa shape index (κ1) is 33.3. The maximum Gasteiger partial charge on any atom is 0.162 e. The molecule has 0 saturated carbocycles. The number of carbonyl (C=O) groups is 1. The molecule has 1 N–H and O–H groups in total. The van der Waals surface area contributed by atoms with E-state index in [0.29, 0.717) is 0 Å². The van der Waals surface area contributed by atoms with Gasteiger partial charge in [-0.05, 0) is 42.6 Å². The quantitative estimate of drug-likeness (QED) is 0.112. The molecule has 215 valence electrons. The van der Waals surface area contributed by atoms with Crippen molar-refractivity contribution in [3.8, 4) is 11.3 Å². The van der Waals surface area contributed by atoms with Gasteiger partial charge in [-0.2, -0.15) is 0 Å². The molecule has 0 fully saturated rings. The Bertz CT molecular complexity index is 1430. The molecule has 1 aromatic heterocycles. The van der Waals surface area contributed by atoms with Gasteiger partial charge in [0.15, 0.2) is 5.78 Å². The first-order chi connectivity index (χ1) is 18.6. The zero-order valence-corrected chi connectivity index (χ0v) is 27.3. The van der Waals surface area contributed by atoms with Crippen LogP contribution in [0.1, 0.15) is 79.7 Å². The number of carbonyl (C=O) groups excluding carboxylic acids is 1. The molecule has 4 rings (SSSR count). The molecule has 5 heteroatoms. The van der Waals surface area contributed by atoms with E-state index >= 15 is 0 Å². The standard InChI is InChI=1S/C22H19N2.C13H24O2.Ir/c1-22(2,3)19-13-16(12-15-8-4-5-9-17(15)19)21-18-10-6-7-11-20(18)23-14-24-21;1-5-10(6-2)12(14)9-13(15)11(7-3)8-4;/h4-11,13-14H,1-3H3;9-11,14H,5-8H2,1-4H3;/q-1;;. The molecule has 40 heavy (non-hydrogen) atoms. The van der Waals surface area contributed by atoms with Gasteiger partial charge in [0.25, 0.3) is 0 Å². The molecule has 0 saturated heterocycles. The van der Waals surface area contributed by atoms with Gasteiger partial charge in [0.2, 0.25) is 0 Å². The zero-order chi connectivity index (χ0) is 28.6. The van der Waals surface area contributed by atoms with Crippen LogP contribution in [0.25, 0.3) is 32.9 Å². The molecule has 0 aliphatic rings. The number of benzene rings is 3. The van der Waals surface area contributed by atoms with Crippen LogP contribution in [0, 0.1) is 17.9 Å². The van der Waals surface area contributed by atoms with E-state index in [1.54, 1.807) is 6.33 Å². The third-order valence-electron chi connectivity index (χ3n) is 7.46. The Balaban J connectivity index is 0.000000307. The minimum absolute atomic E-state index is 0. The minimum Gasteiger partial charge on any atom is -0.512 e. The summed E-state index contributed by atoms with van der Waals surface area (Å²) in [6.07, 6.45) is 6.54. The third kappa shape index (κ3) is 8.08. The van der Waals surface area contributed by atoms with E-state index in [0.717, 1.165) is 53.2 Å². The van der Waals surface area contributed by atoms with Crippen LogP contribution in [-0.2, 0) is 30.3 Å². The minimum atomic E-state index is 0. The molecular weight excluding hydrogens is 673 g/mol. The van der Waals surface area contributed by atoms with Crippen LogP contribution in [0.5, 0.6) is 0 Å². The van der Waals surface area contributed by atoms with Gasteiger partial charge in [0.1, 0.15) is 6.33 Å². The number of aromatic nitrogens is 2. The second kappa shape index (κ2) is 15.2. The molecule has 1 radical (unpaired) electrons. The number of allylic oxidation sites excluding steroid dienone is 2. The number of ketones is 1. The number of fused-ring (bicyclic) bond motifs is 2. The zero-order valence-electron chi connectivity index (χ0n) is 24.9. The van der Waals surface area contributed by atoms with Crippen LogP contribution in [0.4, 0.5) is 0 Å². The number of hydrogen-bond donors (Lipinski definition) is 1. The Morgan fingerprint density at radius 1 is 0.875 bits per heavy atom. The first-order valence-electron chi connectivity index (χ1n) is 14.2. The maximum atomic E-state index is 11.7. The van der Waals surface area contributed by atoms with Crippen molar-refractivity contribution in [2.24, 2.45) is 11.8 Å². The van der Waals surface area contributed by atoms with E-state index in [9.17, 15) is 9.90 Å². The second-order valence-electron chi connectivity index (χ2n) is 11.1. The average molecular weight is 716 g/mol. The number of rotatable bonds is 8. The maximum absolute atomic E-state index is 11.7. The first-order valence-corrected chi connectivity index (χ1v) is 14.2. The van der Waals surface area contributed by atoms with Crippen LogP contribution in [0.3, 0.4) is 0 Å². The van der Waals surface area contributed by atoms with Gasteiger partial charge < -0.3 is 5.11 Å². The Morgan fingerprint density at radius 2 is 1.45 bits per heavy atom. The molecule has 0 atom stereocenters. The van der Waals surface area contributed by atoms with Crippen molar-refractivity contribution in [1.29, 1.82) is 0 Å². The molecule has 3 aromatic carbocycles. The molecule has 4 nitrogen and oxygen atoms in total. The fourth-order valence-electron chi connectivity index (χ4n) is 4.98. The molecule has 0 spiro atoms. The van der Waals surface area contributed by atoms with Gasteiger partial charge in [-0.15, -0.1) is 29.1 Å². The number of aliphatic hydroxyl groups excluding tert-OH is 1. The van der Waals surface area contributed by atoms with Crippen LogP contribution in [0.2, 0.25) is 0 Å². The van der Waals surface area contributed by atoms with Gasteiger partial charge in [-0.3, -0.25) is 9.78 Å². The fourth-order valence-corrected chi connectivity index (χ4v) is 4.98. The summed E-state index contributed by atoms with van der Waals surface area (Å²) in [4.78, 5) is 20.7. The summed E-state index contributed by atoms with van der Waals surface area (Å²) < 4.78 is 0. The van der Waals surface area contributed by atoms with Crippen LogP contribution in [-0.4, -0.2) is 20.9 Å². The van der Waals surface area contributed by atoms with E-state index in [1.807, 2.05) is 45.9 Å². The Hall–Kier alpha value is -2.88. The third-order valence-corrected chi connectivity index (χ3v) is 7.46. The number of aliphatic hydroxyl groups is 1. The SMILES string of the molecule is CC(C)(C)c1cc(-c2ncnc3ccccc23)[c-]c2ccccc12.CCC(CC)C(=O)C=C(O)C(CC)CC.[Ir]. The van der Waals surface area contributed by atoms with E-state index in [1.165, 1.54) is 17.0 Å². The van der Waals surface area contributed by atoms with Gasteiger partial charge in [-0.1, -0.05) is 95.8 Å². The number of hydrogen-bond acceptors (Lipinski definition) is 4. The predicted octanol–water partition coefficient (Wildman–Crippen LogP) is 9.41. The van der Waals surface area contributed by atoms with Gasteiger partial charge >= 0.3 is 0 Å². The van der Waals surface area contributed by atoms with Crippen molar-refractivity contribution in [2.45, 2.75) is 79.6 Å². The van der Waals surface area contributed by atoms with E-state index < -0.39 is 0 Å². The normalized spacial score (nSPS) is 11.9. The Morgan fingerprint density at radius 3 is 2.05 bits per heavy atom. The Kier molecular flexibility index (Phi) is 12.7. The van der Waals surface area contributed by atoms with E-state index in [-0.39, 0.29) is 48.9 Å². The summed E-state index contributed by atoms with van der Waals surface area (Å²) in [6, 6.07) is 22.4. The van der Waals surface area contributed by atoms with E-state index in [2.05, 4.69) is 73.2 Å². The molecule has 0 aliphatic carbocycles. The summed E-state index contributed by atoms with van der Waals surface area (Å²) in [6.45, 7) is 14.8. The summed E-state index contributed by atoms with van der Waals surface area (Å²) in [5, 5.41) is 13.2. The van der Waals surface area contributed by atoms with Crippen molar-refractivity contribution in [2.75, 3.05) is 0 Å². The molecule has 1 heterocycles. The van der Waals surface area contributed by atoms with Crippen LogP contribution < -0.4 is 0 Å². The Labute approximate surface area is 253 Å². The van der Waals surface area contributed by atoms with Crippen molar-refractivity contribution in [3.63, 3.8) is 0 Å². The fraction of sp³-hybridized carbons (Fsp3) is 0.400. The van der Waals surface area contributed by atoms with Crippen LogP contribution >= 0.6 is 0 Å². The summed E-state index contributed by atoms with van der Waals surface area (Å²) in [5.74, 6) is 0.547. The van der Waals surface area contributed by atoms with Crippen molar-refractivity contribution in [3.05, 3.63) is 84.4 Å². The predicted molar refractivity (Wildman–Crippen MR) is 164 cm³/mol. The summed E-state index contributed by atoms with van der Waals surface area (Å²) >= 11 is 0. The van der Waals surface area contributed by atoms with Gasteiger partial charge in [0.05, 0.1) is 11.3 Å². The van der Waals surface area contributed by atoms with Crippen molar-refractivity contribution < 1.29 is 30.0 Å². The molecule has 4 aromatic rings. The molecule has 0 unspecified atom stereocenters. The summed E-state index contributed by atoms with van der Waals surface area (Å²) in [5.41, 5.74) is 4.29. The smallest absolute Gasteiger partial charge is 0.162 e. The van der Waals surface area contributed by atoms with Gasteiger partial charge in [0, 0.05) is 43.7 Å². The largest absolute Gasteiger partial charge is 0.512 e. The van der Waals surface area contributed by atoms with E-state index in [4.69, 9.17) is 0 Å². The average Bonchev–Trinajstić information content (AvgIpc) is 2.93. The molecule has 0 amide bonds. The van der Waals surface area contributed by atoms with Gasteiger partial charge in [-0.25, -0.2) is 4.98 Å². The second-order valence-corrected chi connectivity index (χ2v) is 11.1.